The summed E-state index contributed by atoms with van der Waals surface area (Å²) in [7, 11) is 0. The van der Waals surface area contributed by atoms with E-state index in [-0.39, 0.29) is 11.6 Å². The van der Waals surface area contributed by atoms with Crippen molar-refractivity contribution in [3.05, 3.63) is 32.6 Å². The Bertz CT molecular complexity index is 579. The topological polar surface area (TPSA) is 78.7 Å². The third-order valence-electron chi connectivity index (χ3n) is 3.87. The van der Waals surface area contributed by atoms with Crippen LogP contribution >= 0.6 is 0 Å². The molecule has 1 aromatic rings. The lowest BCUT2D eigenvalue weighted by Crippen LogP contribution is -2.34. The minimum Gasteiger partial charge on any atom is -0.296 e. The van der Waals surface area contributed by atoms with Crippen LogP contribution in [0.25, 0.3) is 0 Å². The zero-order valence-corrected chi connectivity index (χ0v) is 9.93. The van der Waals surface area contributed by atoms with Gasteiger partial charge in [0.15, 0.2) is 0 Å². The summed E-state index contributed by atoms with van der Waals surface area (Å²) in [5.74, 6) is 0.939. The summed E-state index contributed by atoms with van der Waals surface area (Å²) in [6, 6.07) is 1.89. The van der Waals surface area contributed by atoms with Crippen LogP contribution in [0.2, 0.25) is 0 Å². The van der Waals surface area contributed by atoms with Crippen LogP contribution in [-0.4, -0.2) is 9.55 Å². The predicted molar refractivity (Wildman–Crippen MR) is 62.6 cm³/mol. The molecular formula is C12H15N3O2. The van der Waals surface area contributed by atoms with E-state index in [1.807, 2.05) is 6.07 Å². The van der Waals surface area contributed by atoms with Crippen LogP contribution in [0.5, 0.6) is 0 Å². The zero-order valence-electron chi connectivity index (χ0n) is 9.93. The molecule has 3 unspecified atom stereocenters. The molecule has 0 bridgehead atoms. The Morgan fingerprint density at radius 3 is 2.65 bits per heavy atom. The highest BCUT2D eigenvalue weighted by molar-refractivity contribution is 5.22. The summed E-state index contributed by atoms with van der Waals surface area (Å²) >= 11 is 0. The van der Waals surface area contributed by atoms with E-state index in [2.05, 4.69) is 18.8 Å². The largest absolute Gasteiger partial charge is 0.328 e. The lowest BCUT2D eigenvalue weighted by atomic mass is 9.97. The average molecular weight is 233 g/mol. The van der Waals surface area contributed by atoms with Crippen molar-refractivity contribution in [3.8, 4) is 6.07 Å². The highest BCUT2D eigenvalue weighted by Gasteiger charge is 2.31. The molecule has 1 aliphatic rings. The second kappa shape index (κ2) is 4.21. The van der Waals surface area contributed by atoms with Gasteiger partial charge in [0.25, 0.3) is 5.56 Å². The van der Waals surface area contributed by atoms with Crippen LogP contribution < -0.4 is 11.2 Å². The Morgan fingerprint density at radius 2 is 2.12 bits per heavy atom. The second-order valence-electron chi connectivity index (χ2n) is 4.80. The number of hydrogen-bond acceptors (Lipinski definition) is 3. The molecule has 2 rings (SSSR count). The van der Waals surface area contributed by atoms with Gasteiger partial charge in [-0.3, -0.25) is 14.3 Å². The van der Waals surface area contributed by atoms with E-state index in [9.17, 15) is 9.59 Å². The van der Waals surface area contributed by atoms with Crippen molar-refractivity contribution in [1.29, 1.82) is 5.26 Å². The summed E-state index contributed by atoms with van der Waals surface area (Å²) in [6.07, 6.45) is 3.37. The molecule has 0 aromatic carbocycles. The fourth-order valence-corrected chi connectivity index (χ4v) is 2.54. The zero-order chi connectivity index (χ0) is 12.6. The second-order valence-corrected chi connectivity index (χ2v) is 4.80. The van der Waals surface area contributed by atoms with Gasteiger partial charge in [-0.05, 0) is 24.7 Å². The van der Waals surface area contributed by atoms with Gasteiger partial charge in [0, 0.05) is 12.2 Å². The summed E-state index contributed by atoms with van der Waals surface area (Å²) in [5, 5.41) is 8.81. The molecule has 0 radical (unpaired) electrons. The molecule has 3 atom stereocenters. The lowest BCUT2D eigenvalue weighted by molar-refractivity contribution is 0.342. The number of aromatic amines is 1. The third-order valence-corrected chi connectivity index (χ3v) is 3.87. The molecule has 1 saturated carbocycles. The van der Waals surface area contributed by atoms with Gasteiger partial charge in [-0.2, -0.15) is 5.26 Å². The normalized spacial score (nSPS) is 27.9. The number of hydrogen-bond donors (Lipinski definition) is 1. The van der Waals surface area contributed by atoms with Crippen LogP contribution in [-0.2, 0) is 0 Å². The number of nitriles is 1. The van der Waals surface area contributed by atoms with E-state index >= 15 is 0 Å². The highest BCUT2D eigenvalue weighted by atomic mass is 16.2. The van der Waals surface area contributed by atoms with E-state index in [1.165, 1.54) is 10.8 Å². The molecule has 0 aliphatic heterocycles. The first-order valence-corrected chi connectivity index (χ1v) is 5.80. The molecule has 1 fully saturated rings. The van der Waals surface area contributed by atoms with Crippen molar-refractivity contribution in [3.63, 3.8) is 0 Å². The monoisotopic (exact) mass is 233 g/mol. The Labute approximate surface area is 98.7 Å². The molecule has 1 N–H and O–H groups in total. The predicted octanol–water partition coefficient (Wildman–Crippen LogP) is 1.02. The van der Waals surface area contributed by atoms with Gasteiger partial charge < -0.3 is 0 Å². The maximum Gasteiger partial charge on any atom is 0.328 e. The van der Waals surface area contributed by atoms with Gasteiger partial charge in [0.05, 0.1) is 0 Å². The lowest BCUT2D eigenvalue weighted by Gasteiger charge is -2.20. The van der Waals surface area contributed by atoms with E-state index in [0.717, 1.165) is 12.8 Å². The van der Waals surface area contributed by atoms with Crippen molar-refractivity contribution in [2.24, 2.45) is 11.8 Å². The minimum absolute atomic E-state index is 0.00338. The van der Waals surface area contributed by atoms with Crippen molar-refractivity contribution in [2.45, 2.75) is 32.7 Å². The standard InChI is InChI=1S/C12H15N3O2/c1-7-3-4-10(8(7)2)15-6-9(5-13)11(16)14-12(15)17/h6-8,10H,3-4H2,1-2H3,(H,14,16,17). The van der Waals surface area contributed by atoms with Crippen molar-refractivity contribution < 1.29 is 0 Å². The molecule has 5 heteroatoms. The van der Waals surface area contributed by atoms with Crippen LogP contribution in [0, 0.1) is 23.2 Å². The Morgan fingerprint density at radius 1 is 1.41 bits per heavy atom. The molecule has 5 nitrogen and oxygen atoms in total. The summed E-state index contributed by atoms with van der Waals surface area (Å²) in [6.45, 7) is 4.26. The molecule has 1 aromatic heterocycles. The fraction of sp³-hybridized carbons (Fsp3) is 0.583. The molecule has 90 valence electrons. The number of rotatable bonds is 1. The summed E-state index contributed by atoms with van der Waals surface area (Å²) in [5.41, 5.74) is -1.02. The Balaban J connectivity index is 2.50. The minimum atomic E-state index is -0.604. The molecule has 0 amide bonds. The summed E-state index contributed by atoms with van der Waals surface area (Å²) in [4.78, 5) is 25.2. The van der Waals surface area contributed by atoms with Gasteiger partial charge in [0.2, 0.25) is 0 Å². The first kappa shape index (κ1) is 11.6. The third kappa shape index (κ3) is 1.91. The quantitative estimate of drug-likeness (QED) is 0.786. The van der Waals surface area contributed by atoms with Gasteiger partial charge in [-0.25, -0.2) is 4.79 Å². The Hall–Kier alpha value is -1.83. The van der Waals surface area contributed by atoms with Crippen molar-refractivity contribution >= 4 is 0 Å². The fourth-order valence-electron chi connectivity index (χ4n) is 2.54. The smallest absolute Gasteiger partial charge is 0.296 e. The number of aromatic nitrogens is 2. The van der Waals surface area contributed by atoms with Gasteiger partial charge in [0.1, 0.15) is 11.6 Å². The van der Waals surface area contributed by atoms with Gasteiger partial charge in [-0.1, -0.05) is 13.8 Å². The first-order valence-electron chi connectivity index (χ1n) is 5.80. The number of nitrogens with zero attached hydrogens (tertiary/aromatic N) is 2. The maximum absolute atomic E-state index is 11.7. The van der Waals surface area contributed by atoms with Crippen LogP contribution in [0.4, 0.5) is 0 Å². The molecule has 17 heavy (non-hydrogen) atoms. The van der Waals surface area contributed by atoms with Gasteiger partial charge in [-0.15, -0.1) is 0 Å². The van der Waals surface area contributed by atoms with E-state index in [1.54, 1.807) is 0 Å². The van der Waals surface area contributed by atoms with Crippen molar-refractivity contribution in [1.82, 2.24) is 9.55 Å². The van der Waals surface area contributed by atoms with E-state index < -0.39 is 11.2 Å². The van der Waals surface area contributed by atoms with Crippen LogP contribution in [0.3, 0.4) is 0 Å². The average Bonchev–Trinajstić information content (AvgIpc) is 2.61. The molecule has 0 saturated heterocycles. The van der Waals surface area contributed by atoms with Crippen molar-refractivity contribution in [2.75, 3.05) is 0 Å². The Kier molecular flexibility index (Phi) is 2.88. The number of H-pyrrole nitrogens is 1. The van der Waals surface area contributed by atoms with E-state index in [4.69, 9.17) is 5.26 Å². The molecule has 1 aliphatic carbocycles. The van der Waals surface area contributed by atoms with E-state index in [0.29, 0.717) is 11.8 Å². The SMILES string of the molecule is CC1CCC(n2cc(C#N)c(=O)[nH]c2=O)C1C. The molecule has 0 spiro atoms. The van der Waals surface area contributed by atoms with Gasteiger partial charge >= 0.3 is 5.69 Å². The maximum atomic E-state index is 11.7. The van der Waals surface area contributed by atoms with Crippen LogP contribution in [0.1, 0.15) is 38.3 Å². The molecule has 1 heterocycles. The number of nitrogens with one attached hydrogen (secondary N) is 1. The highest BCUT2D eigenvalue weighted by Crippen LogP contribution is 2.38. The first-order chi connectivity index (χ1) is 8.04. The van der Waals surface area contributed by atoms with Crippen LogP contribution in [0.15, 0.2) is 15.8 Å². The summed E-state index contributed by atoms with van der Waals surface area (Å²) < 4.78 is 1.51. The molecular weight excluding hydrogens is 218 g/mol.